The Kier molecular flexibility index (Phi) is 3.63. The van der Waals surface area contributed by atoms with Gasteiger partial charge >= 0.3 is 0 Å². The summed E-state index contributed by atoms with van der Waals surface area (Å²) in [5, 5.41) is 11.4. The van der Waals surface area contributed by atoms with Gasteiger partial charge in [0.15, 0.2) is 11.8 Å². The summed E-state index contributed by atoms with van der Waals surface area (Å²) in [6, 6.07) is 0. The number of nitrogens with one attached hydrogen (secondary N) is 1. The number of hydrogen-bond donors (Lipinski definition) is 1. The second-order valence-corrected chi connectivity index (χ2v) is 6.05. The summed E-state index contributed by atoms with van der Waals surface area (Å²) >= 11 is 0. The Balaban J connectivity index is 1.67. The van der Waals surface area contributed by atoms with E-state index in [2.05, 4.69) is 27.3 Å². The molecule has 20 heavy (non-hydrogen) atoms. The standard InChI is InChI=1S/C14H24N6/c1-3-15-13(16-9-12-18-17-11-19(12)2)20-8-7-14(10-20)5-4-6-14/h11H,3-10H2,1-2H3,(H,15,16). The van der Waals surface area contributed by atoms with Crippen LogP contribution in [-0.2, 0) is 13.6 Å². The van der Waals surface area contributed by atoms with Gasteiger partial charge in [0, 0.05) is 26.7 Å². The number of aliphatic imine (C=N–C) groups is 1. The lowest BCUT2D eigenvalue weighted by molar-refractivity contribution is 0.151. The highest BCUT2D eigenvalue weighted by Crippen LogP contribution is 2.47. The number of aryl methyl sites for hydroxylation is 1. The van der Waals surface area contributed by atoms with Crippen LogP contribution in [-0.4, -0.2) is 45.3 Å². The first-order valence-electron chi connectivity index (χ1n) is 7.59. The Labute approximate surface area is 120 Å². The summed E-state index contributed by atoms with van der Waals surface area (Å²) in [6.07, 6.45) is 7.23. The van der Waals surface area contributed by atoms with Crippen molar-refractivity contribution in [2.75, 3.05) is 19.6 Å². The molecule has 0 aromatic carbocycles. The number of rotatable bonds is 3. The highest BCUT2D eigenvalue weighted by molar-refractivity contribution is 5.80. The molecule has 1 saturated carbocycles. The first-order chi connectivity index (χ1) is 9.72. The van der Waals surface area contributed by atoms with Gasteiger partial charge in [-0.1, -0.05) is 6.42 Å². The molecule has 0 bridgehead atoms. The van der Waals surface area contributed by atoms with Gasteiger partial charge in [-0.15, -0.1) is 10.2 Å². The van der Waals surface area contributed by atoms with E-state index in [4.69, 9.17) is 4.99 Å². The molecule has 0 radical (unpaired) electrons. The fraction of sp³-hybridized carbons (Fsp3) is 0.786. The molecule has 1 saturated heterocycles. The lowest BCUT2D eigenvalue weighted by Gasteiger charge is -2.38. The summed E-state index contributed by atoms with van der Waals surface area (Å²) in [5.74, 6) is 1.93. The van der Waals surface area contributed by atoms with E-state index in [0.29, 0.717) is 12.0 Å². The first-order valence-corrected chi connectivity index (χ1v) is 7.59. The van der Waals surface area contributed by atoms with Crippen LogP contribution in [0, 0.1) is 5.41 Å². The van der Waals surface area contributed by atoms with Crippen LogP contribution < -0.4 is 5.32 Å². The third kappa shape index (κ3) is 2.51. The van der Waals surface area contributed by atoms with Crippen LogP contribution in [0.5, 0.6) is 0 Å². The zero-order valence-electron chi connectivity index (χ0n) is 12.5. The molecule has 0 atom stereocenters. The molecule has 1 aliphatic heterocycles. The molecule has 0 unspecified atom stereocenters. The smallest absolute Gasteiger partial charge is 0.194 e. The molecule has 1 aromatic rings. The van der Waals surface area contributed by atoms with Crippen molar-refractivity contribution in [1.82, 2.24) is 25.0 Å². The highest BCUT2D eigenvalue weighted by Gasteiger charge is 2.43. The van der Waals surface area contributed by atoms with Crippen molar-refractivity contribution in [1.29, 1.82) is 0 Å². The Bertz CT molecular complexity index is 488. The van der Waals surface area contributed by atoms with Crippen molar-refractivity contribution in [2.24, 2.45) is 17.5 Å². The Morgan fingerprint density at radius 2 is 2.30 bits per heavy atom. The second kappa shape index (κ2) is 5.42. The molecule has 1 spiro atoms. The van der Waals surface area contributed by atoms with Gasteiger partial charge in [-0.2, -0.15) is 0 Å². The fourth-order valence-electron chi connectivity index (χ4n) is 3.22. The van der Waals surface area contributed by atoms with Crippen molar-refractivity contribution in [2.45, 2.75) is 39.2 Å². The van der Waals surface area contributed by atoms with Crippen molar-refractivity contribution in [3.05, 3.63) is 12.2 Å². The topological polar surface area (TPSA) is 58.3 Å². The highest BCUT2D eigenvalue weighted by atomic mass is 15.3. The van der Waals surface area contributed by atoms with E-state index in [9.17, 15) is 0 Å². The Hall–Kier alpha value is -1.59. The lowest BCUT2D eigenvalue weighted by Crippen LogP contribution is -2.42. The molecule has 2 fully saturated rings. The van der Waals surface area contributed by atoms with Gasteiger partial charge in [-0.25, -0.2) is 4.99 Å². The third-order valence-electron chi connectivity index (χ3n) is 4.66. The summed E-state index contributed by atoms with van der Waals surface area (Å²) in [6.45, 7) is 5.90. The van der Waals surface area contributed by atoms with Crippen LogP contribution >= 0.6 is 0 Å². The van der Waals surface area contributed by atoms with Gasteiger partial charge < -0.3 is 14.8 Å². The predicted molar refractivity (Wildman–Crippen MR) is 78.3 cm³/mol. The Morgan fingerprint density at radius 3 is 2.85 bits per heavy atom. The number of aromatic nitrogens is 3. The minimum Gasteiger partial charge on any atom is -0.357 e. The van der Waals surface area contributed by atoms with E-state index in [0.717, 1.165) is 31.4 Å². The van der Waals surface area contributed by atoms with Gasteiger partial charge in [-0.05, 0) is 31.6 Å². The largest absolute Gasteiger partial charge is 0.357 e. The number of guanidine groups is 1. The van der Waals surface area contributed by atoms with Gasteiger partial charge in [0.1, 0.15) is 12.9 Å². The van der Waals surface area contributed by atoms with Crippen molar-refractivity contribution >= 4 is 5.96 Å². The minimum atomic E-state index is 0.586. The van der Waals surface area contributed by atoms with Crippen molar-refractivity contribution < 1.29 is 0 Å². The predicted octanol–water partition coefficient (Wildman–Crippen LogP) is 1.16. The average molecular weight is 276 g/mol. The summed E-state index contributed by atoms with van der Waals surface area (Å²) < 4.78 is 1.92. The molecule has 1 aliphatic carbocycles. The molecule has 2 aliphatic rings. The third-order valence-corrected chi connectivity index (χ3v) is 4.66. The van der Waals surface area contributed by atoms with Gasteiger partial charge in [0.05, 0.1) is 0 Å². The maximum atomic E-state index is 4.73. The molecule has 110 valence electrons. The number of nitrogens with zero attached hydrogens (tertiary/aromatic N) is 5. The normalized spacial score (nSPS) is 21.3. The van der Waals surface area contributed by atoms with Gasteiger partial charge in [-0.3, -0.25) is 0 Å². The summed E-state index contributed by atoms with van der Waals surface area (Å²) in [4.78, 5) is 7.15. The van der Waals surface area contributed by atoms with Crippen LogP contribution in [0.4, 0.5) is 0 Å². The molecule has 1 N–H and O–H groups in total. The molecular formula is C14H24N6. The number of hydrogen-bond acceptors (Lipinski definition) is 3. The molecule has 2 heterocycles. The minimum absolute atomic E-state index is 0.586. The van der Waals surface area contributed by atoms with Gasteiger partial charge in [0.25, 0.3) is 0 Å². The molecule has 1 aromatic heterocycles. The van der Waals surface area contributed by atoms with Crippen LogP contribution in [0.3, 0.4) is 0 Å². The van der Waals surface area contributed by atoms with E-state index in [1.54, 1.807) is 6.33 Å². The fourth-order valence-corrected chi connectivity index (χ4v) is 3.22. The summed E-state index contributed by atoms with van der Waals surface area (Å²) in [5.41, 5.74) is 0.598. The van der Waals surface area contributed by atoms with Crippen LogP contribution in [0.15, 0.2) is 11.3 Å². The van der Waals surface area contributed by atoms with Crippen molar-refractivity contribution in [3.63, 3.8) is 0 Å². The quantitative estimate of drug-likeness (QED) is 0.665. The molecule has 3 rings (SSSR count). The monoisotopic (exact) mass is 276 g/mol. The van der Waals surface area contributed by atoms with E-state index < -0.39 is 0 Å². The lowest BCUT2D eigenvalue weighted by atomic mass is 9.68. The van der Waals surface area contributed by atoms with Gasteiger partial charge in [0.2, 0.25) is 0 Å². The van der Waals surface area contributed by atoms with Crippen LogP contribution in [0.25, 0.3) is 0 Å². The summed E-state index contributed by atoms with van der Waals surface area (Å²) in [7, 11) is 1.96. The van der Waals surface area contributed by atoms with E-state index >= 15 is 0 Å². The van der Waals surface area contributed by atoms with E-state index in [1.807, 2.05) is 11.6 Å². The van der Waals surface area contributed by atoms with E-state index in [-0.39, 0.29) is 0 Å². The number of likely N-dealkylation sites (tertiary alicyclic amines) is 1. The van der Waals surface area contributed by atoms with Crippen LogP contribution in [0.2, 0.25) is 0 Å². The zero-order chi connectivity index (χ0) is 14.0. The zero-order valence-corrected chi connectivity index (χ0v) is 12.5. The molecular weight excluding hydrogens is 252 g/mol. The second-order valence-electron chi connectivity index (χ2n) is 6.05. The maximum Gasteiger partial charge on any atom is 0.194 e. The molecule has 6 nitrogen and oxygen atoms in total. The van der Waals surface area contributed by atoms with Crippen molar-refractivity contribution in [3.8, 4) is 0 Å². The van der Waals surface area contributed by atoms with Crippen LogP contribution in [0.1, 0.15) is 38.4 Å². The molecule has 6 heteroatoms. The molecule has 0 amide bonds. The Morgan fingerprint density at radius 1 is 1.45 bits per heavy atom. The average Bonchev–Trinajstić information content (AvgIpc) is 3.01. The first kappa shape index (κ1) is 13.4. The maximum absolute atomic E-state index is 4.73. The SMILES string of the molecule is CCNC(=NCc1nncn1C)N1CCC2(CCC2)C1. The van der Waals surface area contributed by atoms with E-state index in [1.165, 1.54) is 25.7 Å².